The molecule has 8 heavy (non-hydrogen) atoms. The van der Waals surface area contributed by atoms with Gasteiger partial charge in [0.2, 0.25) is 0 Å². The lowest BCUT2D eigenvalue weighted by Crippen LogP contribution is -2.30. The smallest absolute Gasteiger partial charge is 0.0169 e. The first kappa shape index (κ1) is 6.05. The first-order valence-corrected chi connectivity index (χ1v) is 3.31. The average molecular weight is 114 g/mol. The third-order valence-electron chi connectivity index (χ3n) is 1.58. The summed E-state index contributed by atoms with van der Waals surface area (Å²) in [4.78, 5) is 0. The second-order valence-electron chi connectivity index (χ2n) is 2.51. The summed E-state index contributed by atoms with van der Waals surface area (Å²) >= 11 is 0. The van der Waals surface area contributed by atoms with Crippen LogP contribution in [0.1, 0.15) is 13.8 Å². The Hall–Kier alpha value is -0.0800. The molecule has 0 spiro atoms. The molecule has 0 aromatic rings. The van der Waals surface area contributed by atoms with Crippen LogP contribution in [-0.4, -0.2) is 24.6 Å². The molecule has 0 unspecified atom stereocenters. The summed E-state index contributed by atoms with van der Waals surface area (Å²) in [6.45, 7) is 7.95. The van der Waals surface area contributed by atoms with Gasteiger partial charge >= 0.3 is 0 Å². The maximum absolute atomic E-state index is 3.29. The number of hydrogen-bond donors (Lipinski definition) is 1. The van der Waals surface area contributed by atoms with E-state index in [0.29, 0.717) is 0 Å². The Kier molecular flexibility index (Phi) is 1.86. The van der Waals surface area contributed by atoms with E-state index in [1.54, 1.807) is 0 Å². The third-order valence-corrected chi connectivity index (χ3v) is 1.58. The van der Waals surface area contributed by atoms with Crippen LogP contribution < -0.4 is 5.43 Å². The fourth-order valence-electron chi connectivity index (χ4n) is 1.03. The quantitative estimate of drug-likeness (QED) is 0.533. The van der Waals surface area contributed by atoms with Crippen LogP contribution in [0.25, 0.3) is 0 Å². The molecule has 0 aliphatic carbocycles. The normalized spacial score (nSPS) is 31.5. The van der Waals surface area contributed by atoms with Gasteiger partial charge in [0.25, 0.3) is 0 Å². The zero-order valence-corrected chi connectivity index (χ0v) is 5.65. The first-order chi connectivity index (χ1) is 3.83. The van der Waals surface area contributed by atoms with Crippen LogP contribution in [-0.2, 0) is 0 Å². The summed E-state index contributed by atoms with van der Waals surface area (Å²) in [5, 5.41) is 2.25. The number of nitrogens with one attached hydrogen (secondary N) is 1. The van der Waals surface area contributed by atoms with Gasteiger partial charge in [0, 0.05) is 19.6 Å². The standard InChI is InChI=1S/C6H14N2/c1-3-8-5-6(2)4-7-8/h6-7H,3-5H2,1-2H3/t6-/m1/s1. The zero-order valence-electron chi connectivity index (χ0n) is 5.65. The van der Waals surface area contributed by atoms with Gasteiger partial charge in [0.1, 0.15) is 0 Å². The van der Waals surface area contributed by atoms with E-state index in [0.717, 1.165) is 19.0 Å². The topological polar surface area (TPSA) is 15.3 Å². The van der Waals surface area contributed by atoms with E-state index in [4.69, 9.17) is 0 Å². The Morgan fingerprint density at radius 2 is 2.50 bits per heavy atom. The van der Waals surface area contributed by atoms with Gasteiger partial charge < -0.3 is 0 Å². The van der Waals surface area contributed by atoms with Gasteiger partial charge in [0.15, 0.2) is 0 Å². The van der Waals surface area contributed by atoms with Crippen molar-refractivity contribution in [2.24, 2.45) is 5.92 Å². The fraction of sp³-hybridized carbons (Fsp3) is 1.00. The van der Waals surface area contributed by atoms with Crippen molar-refractivity contribution in [3.05, 3.63) is 0 Å². The molecule has 2 nitrogen and oxygen atoms in total. The van der Waals surface area contributed by atoms with Crippen molar-refractivity contribution in [1.29, 1.82) is 0 Å². The van der Waals surface area contributed by atoms with Gasteiger partial charge in [-0.1, -0.05) is 13.8 Å². The third kappa shape index (κ3) is 1.20. The molecule has 1 saturated heterocycles. The van der Waals surface area contributed by atoms with Gasteiger partial charge in [-0.05, 0) is 5.92 Å². The van der Waals surface area contributed by atoms with Crippen LogP contribution in [0, 0.1) is 5.92 Å². The van der Waals surface area contributed by atoms with Crippen LogP contribution in [0.4, 0.5) is 0 Å². The Morgan fingerprint density at radius 1 is 1.75 bits per heavy atom. The lowest BCUT2D eigenvalue weighted by atomic mass is 10.2. The van der Waals surface area contributed by atoms with Crippen LogP contribution >= 0.6 is 0 Å². The summed E-state index contributed by atoms with van der Waals surface area (Å²) in [7, 11) is 0. The molecule has 1 heterocycles. The molecule has 1 fully saturated rings. The average Bonchev–Trinajstić information content (AvgIpc) is 2.14. The highest BCUT2D eigenvalue weighted by Gasteiger charge is 2.14. The second kappa shape index (κ2) is 2.46. The highest BCUT2D eigenvalue weighted by molar-refractivity contribution is 4.66. The highest BCUT2D eigenvalue weighted by atomic mass is 15.5. The maximum Gasteiger partial charge on any atom is 0.0169 e. The lowest BCUT2D eigenvalue weighted by Gasteiger charge is -2.10. The van der Waals surface area contributed by atoms with E-state index in [2.05, 4.69) is 24.3 Å². The fourth-order valence-corrected chi connectivity index (χ4v) is 1.03. The molecule has 0 radical (unpaired) electrons. The minimum absolute atomic E-state index is 0.843. The minimum Gasteiger partial charge on any atom is -0.255 e. The predicted octanol–water partition coefficient (Wildman–Crippen LogP) is 0.463. The van der Waals surface area contributed by atoms with E-state index < -0.39 is 0 Å². The van der Waals surface area contributed by atoms with Crippen molar-refractivity contribution in [2.75, 3.05) is 19.6 Å². The van der Waals surface area contributed by atoms with Gasteiger partial charge in [-0.3, -0.25) is 5.43 Å². The summed E-state index contributed by atoms with van der Waals surface area (Å²) < 4.78 is 0. The van der Waals surface area contributed by atoms with Gasteiger partial charge in [0.05, 0.1) is 0 Å². The molecule has 2 heteroatoms. The number of hydrazine groups is 1. The van der Waals surface area contributed by atoms with Crippen LogP contribution in [0.5, 0.6) is 0 Å². The molecule has 1 N–H and O–H groups in total. The molecule has 0 aromatic carbocycles. The van der Waals surface area contributed by atoms with Crippen LogP contribution in [0.2, 0.25) is 0 Å². The Morgan fingerprint density at radius 3 is 2.75 bits per heavy atom. The summed E-state index contributed by atoms with van der Waals surface area (Å²) in [5.74, 6) is 0.843. The Bertz CT molecular complexity index is 72.9. The Balaban J connectivity index is 2.22. The molecule has 1 aliphatic rings. The van der Waals surface area contributed by atoms with Crippen molar-refractivity contribution in [3.63, 3.8) is 0 Å². The molecular weight excluding hydrogens is 100 g/mol. The van der Waals surface area contributed by atoms with Crippen molar-refractivity contribution < 1.29 is 0 Å². The molecule has 0 saturated carbocycles. The molecule has 0 aromatic heterocycles. The van der Waals surface area contributed by atoms with Gasteiger partial charge in [-0.2, -0.15) is 0 Å². The second-order valence-corrected chi connectivity index (χ2v) is 2.51. The summed E-state index contributed by atoms with van der Waals surface area (Å²) in [6, 6.07) is 0. The zero-order chi connectivity index (χ0) is 5.98. The number of nitrogens with zero attached hydrogens (tertiary/aromatic N) is 1. The van der Waals surface area contributed by atoms with Crippen LogP contribution in [0.3, 0.4) is 0 Å². The largest absolute Gasteiger partial charge is 0.255 e. The van der Waals surface area contributed by atoms with Gasteiger partial charge in [-0.15, -0.1) is 0 Å². The van der Waals surface area contributed by atoms with Crippen molar-refractivity contribution in [3.8, 4) is 0 Å². The molecular formula is C6H14N2. The first-order valence-electron chi connectivity index (χ1n) is 3.31. The summed E-state index contributed by atoms with van der Waals surface area (Å²) in [6.07, 6.45) is 0. The maximum atomic E-state index is 3.29. The molecule has 1 atom stereocenters. The van der Waals surface area contributed by atoms with E-state index in [1.165, 1.54) is 6.54 Å². The molecule has 0 amide bonds. The lowest BCUT2D eigenvalue weighted by molar-refractivity contribution is 0.264. The minimum atomic E-state index is 0.843. The number of hydrogen-bond acceptors (Lipinski definition) is 2. The highest BCUT2D eigenvalue weighted by Crippen LogP contribution is 2.02. The van der Waals surface area contributed by atoms with Gasteiger partial charge in [-0.25, -0.2) is 5.01 Å². The predicted molar refractivity (Wildman–Crippen MR) is 34.4 cm³/mol. The van der Waals surface area contributed by atoms with Crippen LogP contribution in [0.15, 0.2) is 0 Å². The van der Waals surface area contributed by atoms with Crippen molar-refractivity contribution in [2.45, 2.75) is 13.8 Å². The van der Waals surface area contributed by atoms with E-state index in [1.807, 2.05) is 0 Å². The molecule has 1 aliphatic heterocycles. The van der Waals surface area contributed by atoms with E-state index in [9.17, 15) is 0 Å². The SMILES string of the molecule is CCN1C[C@H](C)CN1. The van der Waals surface area contributed by atoms with Crippen molar-refractivity contribution in [1.82, 2.24) is 10.4 Å². The monoisotopic (exact) mass is 114 g/mol. The Labute approximate surface area is 50.8 Å². The number of rotatable bonds is 1. The van der Waals surface area contributed by atoms with E-state index >= 15 is 0 Å². The molecule has 0 bridgehead atoms. The summed E-state index contributed by atoms with van der Waals surface area (Å²) in [5.41, 5.74) is 3.29. The van der Waals surface area contributed by atoms with E-state index in [-0.39, 0.29) is 0 Å². The van der Waals surface area contributed by atoms with Crippen molar-refractivity contribution >= 4 is 0 Å². The molecule has 48 valence electrons. The molecule has 1 rings (SSSR count).